The van der Waals surface area contributed by atoms with Gasteiger partial charge in [-0.2, -0.15) is 12.7 Å². The minimum atomic E-state index is -3.88. The lowest BCUT2D eigenvalue weighted by Crippen LogP contribution is -2.34. The van der Waals surface area contributed by atoms with Crippen LogP contribution in [-0.2, 0) is 15.0 Å². The van der Waals surface area contributed by atoms with Gasteiger partial charge in [-0.25, -0.2) is 4.39 Å². The number of carboxylic acid groups (broad SMARTS) is 1. The number of halogens is 2. The van der Waals surface area contributed by atoms with Crippen LogP contribution in [0.4, 0.5) is 10.1 Å². The third-order valence-corrected chi connectivity index (χ3v) is 4.36. The summed E-state index contributed by atoms with van der Waals surface area (Å²) in [7, 11) is -2.62. The average Bonchev–Trinajstić information content (AvgIpc) is 2.29. The maximum absolute atomic E-state index is 12.9. The van der Waals surface area contributed by atoms with Gasteiger partial charge in [-0.15, -0.1) is 0 Å². The molecule has 0 aliphatic carbocycles. The van der Waals surface area contributed by atoms with Crippen molar-refractivity contribution in [2.75, 3.05) is 18.3 Å². The van der Waals surface area contributed by atoms with Gasteiger partial charge in [0.05, 0.1) is 12.1 Å². The lowest BCUT2D eigenvalue weighted by molar-refractivity contribution is -0.137. The second kappa shape index (κ2) is 6.31. The summed E-state index contributed by atoms with van der Waals surface area (Å²) in [5, 5.41) is 8.50. The molecular weight excluding hydrogens is 343 g/mol. The van der Waals surface area contributed by atoms with Crippen molar-refractivity contribution in [3.05, 3.63) is 28.5 Å². The summed E-state index contributed by atoms with van der Waals surface area (Å²) in [4.78, 5) is 10.4. The Bertz CT molecular complexity index is 579. The van der Waals surface area contributed by atoms with Crippen LogP contribution in [0.5, 0.6) is 0 Å². The number of rotatable bonds is 6. The summed E-state index contributed by atoms with van der Waals surface area (Å²) in [5.41, 5.74) is 0.170. The average molecular weight is 355 g/mol. The molecule has 0 aliphatic heterocycles. The Balaban J connectivity index is 2.81. The molecule has 2 N–H and O–H groups in total. The Morgan fingerprint density at radius 3 is 2.68 bits per heavy atom. The lowest BCUT2D eigenvalue weighted by Gasteiger charge is -2.18. The summed E-state index contributed by atoms with van der Waals surface area (Å²) >= 11 is 3.03. The van der Waals surface area contributed by atoms with E-state index in [4.69, 9.17) is 5.11 Å². The fourth-order valence-corrected chi connectivity index (χ4v) is 2.69. The summed E-state index contributed by atoms with van der Waals surface area (Å²) in [5.74, 6) is -1.60. The molecule has 0 fully saturated rings. The Kier molecular flexibility index (Phi) is 5.27. The van der Waals surface area contributed by atoms with Crippen molar-refractivity contribution in [1.82, 2.24) is 4.31 Å². The molecule has 0 bridgehead atoms. The summed E-state index contributed by atoms with van der Waals surface area (Å²) in [6.45, 7) is -0.163. The van der Waals surface area contributed by atoms with Gasteiger partial charge in [0.25, 0.3) is 0 Å². The Labute approximate surface area is 118 Å². The normalized spacial score (nSPS) is 11.6. The third kappa shape index (κ3) is 4.77. The first-order valence-corrected chi connectivity index (χ1v) is 7.36. The lowest BCUT2D eigenvalue weighted by atomic mass is 10.3. The van der Waals surface area contributed by atoms with Gasteiger partial charge in [-0.05, 0) is 34.1 Å². The molecule has 1 aromatic carbocycles. The van der Waals surface area contributed by atoms with Crippen LogP contribution in [0.3, 0.4) is 0 Å². The van der Waals surface area contributed by atoms with Gasteiger partial charge in [0, 0.05) is 18.1 Å². The second-order valence-electron chi connectivity index (χ2n) is 3.70. The van der Waals surface area contributed by atoms with Crippen LogP contribution >= 0.6 is 15.9 Å². The molecule has 0 saturated carbocycles. The molecule has 1 rings (SSSR count). The smallest absolute Gasteiger partial charge is 0.304 e. The molecule has 0 spiro atoms. The van der Waals surface area contributed by atoms with Gasteiger partial charge in [-0.3, -0.25) is 9.52 Å². The van der Waals surface area contributed by atoms with Crippen LogP contribution in [0.15, 0.2) is 22.7 Å². The highest BCUT2D eigenvalue weighted by Gasteiger charge is 2.19. The highest BCUT2D eigenvalue weighted by Crippen LogP contribution is 2.24. The second-order valence-corrected chi connectivity index (χ2v) is 6.33. The van der Waals surface area contributed by atoms with Gasteiger partial charge < -0.3 is 5.11 Å². The molecule has 0 saturated heterocycles. The minimum absolute atomic E-state index is 0.163. The van der Waals surface area contributed by atoms with Gasteiger partial charge in [0.1, 0.15) is 5.82 Å². The first-order chi connectivity index (χ1) is 8.72. The van der Waals surface area contributed by atoms with Crippen LogP contribution in [0, 0.1) is 5.82 Å². The monoisotopic (exact) mass is 354 g/mol. The van der Waals surface area contributed by atoms with Crippen LogP contribution in [-0.4, -0.2) is 37.4 Å². The van der Waals surface area contributed by atoms with E-state index >= 15 is 0 Å². The number of hydrogen-bond donors (Lipinski definition) is 2. The molecule has 0 aliphatic rings. The Morgan fingerprint density at radius 1 is 1.53 bits per heavy atom. The van der Waals surface area contributed by atoms with Crippen molar-refractivity contribution in [3.63, 3.8) is 0 Å². The first kappa shape index (κ1) is 15.9. The molecule has 1 aromatic rings. The molecule has 0 amide bonds. The maximum atomic E-state index is 12.9. The van der Waals surface area contributed by atoms with Crippen molar-refractivity contribution < 1.29 is 22.7 Å². The summed E-state index contributed by atoms with van der Waals surface area (Å²) < 4.78 is 39.9. The van der Waals surface area contributed by atoms with Gasteiger partial charge in [0.2, 0.25) is 0 Å². The highest BCUT2D eigenvalue weighted by atomic mass is 79.9. The number of nitrogens with one attached hydrogen (secondary N) is 1. The topological polar surface area (TPSA) is 86.7 Å². The van der Waals surface area contributed by atoms with E-state index in [1.54, 1.807) is 0 Å². The van der Waals surface area contributed by atoms with E-state index in [9.17, 15) is 17.6 Å². The molecule has 19 heavy (non-hydrogen) atoms. The fourth-order valence-electron chi connectivity index (χ4n) is 1.16. The van der Waals surface area contributed by atoms with E-state index in [0.29, 0.717) is 0 Å². The molecule has 106 valence electrons. The van der Waals surface area contributed by atoms with E-state index in [-0.39, 0.29) is 23.1 Å². The van der Waals surface area contributed by atoms with E-state index in [1.807, 2.05) is 0 Å². The van der Waals surface area contributed by atoms with Crippen molar-refractivity contribution >= 4 is 37.8 Å². The van der Waals surface area contributed by atoms with E-state index in [0.717, 1.165) is 16.4 Å². The maximum Gasteiger partial charge on any atom is 0.304 e. The quantitative estimate of drug-likeness (QED) is 0.813. The van der Waals surface area contributed by atoms with Crippen molar-refractivity contribution in [2.24, 2.45) is 0 Å². The SMILES string of the molecule is CN(CCC(=O)O)S(=O)(=O)Nc1ccc(F)cc1Br. The van der Waals surface area contributed by atoms with Crippen LogP contribution in [0.1, 0.15) is 6.42 Å². The van der Waals surface area contributed by atoms with Crippen molar-refractivity contribution in [1.29, 1.82) is 0 Å². The zero-order valence-corrected chi connectivity index (χ0v) is 12.3. The molecule has 0 unspecified atom stereocenters. The molecule has 0 aromatic heterocycles. The number of aliphatic carboxylic acids is 1. The molecule has 0 heterocycles. The van der Waals surface area contributed by atoms with Gasteiger partial charge in [-0.1, -0.05) is 0 Å². The molecule has 0 atom stereocenters. The largest absolute Gasteiger partial charge is 0.481 e. The number of benzene rings is 1. The minimum Gasteiger partial charge on any atom is -0.481 e. The zero-order valence-electron chi connectivity index (χ0n) is 9.93. The van der Waals surface area contributed by atoms with E-state index in [2.05, 4.69) is 20.7 Å². The summed E-state index contributed by atoms with van der Waals surface area (Å²) in [6, 6.07) is 3.50. The number of carbonyl (C=O) groups is 1. The molecule has 6 nitrogen and oxygen atoms in total. The Hall–Kier alpha value is -1.19. The van der Waals surface area contributed by atoms with Crippen molar-refractivity contribution in [3.8, 4) is 0 Å². The summed E-state index contributed by atoms with van der Waals surface area (Å²) in [6.07, 6.45) is -0.304. The van der Waals surface area contributed by atoms with Crippen LogP contribution in [0.2, 0.25) is 0 Å². The predicted molar refractivity (Wildman–Crippen MR) is 71.5 cm³/mol. The van der Waals surface area contributed by atoms with Crippen LogP contribution < -0.4 is 4.72 Å². The van der Waals surface area contributed by atoms with Crippen molar-refractivity contribution in [2.45, 2.75) is 6.42 Å². The number of hydrogen-bond acceptors (Lipinski definition) is 3. The molecule has 0 radical (unpaired) electrons. The number of nitrogens with zero attached hydrogens (tertiary/aromatic N) is 1. The first-order valence-electron chi connectivity index (χ1n) is 5.13. The number of carboxylic acids is 1. The zero-order chi connectivity index (χ0) is 14.6. The third-order valence-electron chi connectivity index (χ3n) is 2.22. The van der Waals surface area contributed by atoms with E-state index < -0.39 is 22.0 Å². The molecule has 9 heteroatoms. The van der Waals surface area contributed by atoms with Crippen LogP contribution in [0.25, 0.3) is 0 Å². The van der Waals surface area contributed by atoms with E-state index in [1.165, 1.54) is 13.1 Å². The van der Waals surface area contributed by atoms with Gasteiger partial charge in [0.15, 0.2) is 0 Å². The number of anilines is 1. The highest BCUT2D eigenvalue weighted by molar-refractivity contribution is 9.10. The fraction of sp³-hybridized carbons (Fsp3) is 0.300. The predicted octanol–water partition coefficient (Wildman–Crippen LogP) is 1.65. The standard InChI is InChI=1S/C10H12BrFN2O4S/c1-14(5-4-10(15)16)19(17,18)13-9-3-2-7(12)6-8(9)11/h2-3,6,13H,4-5H2,1H3,(H,15,16). The van der Waals surface area contributed by atoms with Gasteiger partial charge >= 0.3 is 16.2 Å². The molecular formula is C10H12BrFN2O4S. The Morgan fingerprint density at radius 2 is 2.16 bits per heavy atom.